The van der Waals surface area contributed by atoms with Crippen LogP contribution in [0.1, 0.15) is 32.3 Å². The standard InChI is InChI=1S/C20H23N/c1-15-9-5-6-10-16(15)13-14-19-20(2,3)17-11-7-8-12-18(17)21(19)4/h6-8,10-14H,1,5,9H2,2-4H3/b16-13-,19-14+. The van der Waals surface area contributed by atoms with Crippen LogP contribution in [0.5, 0.6) is 0 Å². The van der Waals surface area contributed by atoms with Gasteiger partial charge in [-0.25, -0.2) is 0 Å². The fourth-order valence-electron chi connectivity index (χ4n) is 3.37. The van der Waals surface area contributed by atoms with Gasteiger partial charge in [-0.05, 0) is 41.7 Å². The summed E-state index contributed by atoms with van der Waals surface area (Å²) in [6.07, 6.45) is 11.1. The van der Waals surface area contributed by atoms with E-state index < -0.39 is 0 Å². The monoisotopic (exact) mass is 277 g/mol. The fourth-order valence-corrected chi connectivity index (χ4v) is 3.37. The Kier molecular flexibility index (Phi) is 3.36. The number of likely N-dealkylation sites (N-methyl/N-ethyl adjacent to an activating group) is 1. The first-order chi connectivity index (χ1) is 10.0. The molecule has 0 unspecified atom stereocenters. The lowest BCUT2D eigenvalue weighted by molar-refractivity contribution is 0.640. The molecule has 2 aliphatic rings. The maximum atomic E-state index is 4.17. The molecule has 0 radical (unpaired) electrons. The van der Waals surface area contributed by atoms with Gasteiger partial charge >= 0.3 is 0 Å². The molecule has 0 aromatic heterocycles. The molecule has 108 valence electrons. The van der Waals surface area contributed by atoms with Crippen molar-refractivity contribution in [2.24, 2.45) is 0 Å². The van der Waals surface area contributed by atoms with E-state index in [1.165, 1.54) is 28.1 Å². The van der Waals surface area contributed by atoms with Crippen molar-refractivity contribution in [1.82, 2.24) is 0 Å². The molecule has 0 bridgehead atoms. The van der Waals surface area contributed by atoms with E-state index in [1.54, 1.807) is 0 Å². The molecule has 21 heavy (non-hydrogen) atoms. The van der Waals surface area contributed by atoms with Crippen LogP contribution < -0.4 is 4.90 Å². The summed E-state index contributed by atoms with van der Waals surface area (Å²) < 4.78 is 0. The van der Waals surface area contributed by atoms with Crippen molar-refractivity contribution in [3.8, 4) is 0 Å². The Labute approximate surface area is 128 Å². The minimum Gasteiger partial charge on any atom is -0.347 e. The van der Waals surface area contributed by atoms with Gasteiger partial charge in [-0.15, -0.1) is 0 Å². The number of anilines is 1. The summed E-state index contributed by atoms with van der Waals surface area (Å²) in [7, 11) is 2.16. The average Bonchev–Trinajstić information content (AvgIpc) is 2.67. The molecule has 1 aliphatic carbocycles. The number of allylic oxidation sites excluding steroid dienone is 7. The van der Waals surface area contributed by atoms with Gasteiger partial charge in [0.25, 0.3) is 0 Å². The van der Waals surface area contributed by atoms with Crippen LogP contribution in [0.4, 0.5) is 5.69 Å². The summed E-state index contributed by atoms with van der Waals surface area (Å²) in [5.74, 6) is 0. The van der Waals surface area contributed by atoms with Gasteiger partial charge in [0.15, 0.2) is 0 Å². The lowest BCUT2D eigenvalue weighted by Gasteiger charge is -2.24. The largest absolute Gasteiger partial charge is 0.347 e. The number of para-hydroxylation sites is 1. The van der Waals surface area contributed by atoms with E-state index in [4.69, 9.17) is 0 Å². The first-order valence-electron chi connectivity index (χ1n) is 7.62. The zero-order valence-electron chi connectivity index (χ0n) is 13.2. The highest BCUT2D eigenvalue weighted by atomic mass is 15.2. The third kappa shape index (κ3) is 2.27. The Morgan fingerprint density at radius 2 is 1.95 bits per heavy atom. The van der Waals surface area contributed by atoms with Crippen LogP contribution in [-0.4, -0.2) is 7.05 Å². The molecular formula is C20H23N. The van der Waals surface area contributed by atoms with Crippen molar-refractivity contribution >= 4 is 5.69 Å². The Bertz CT molecular complexity index is 671. The van der Waals surface area contributed by atoms with Crippen molar-refractivity contribution in [2.45, 2.75) is 32.1 Å². The van der Waals surface area contributed by atoms with Crippen LogP contribution >= 0.6 is 0 Å². The highest BCUT2D eigenvalue weighted by molar-refractivity contribution is 5.70. The van der Waals surface area contributed by atoms with Gasteiger partial charge in [-0.2, -0.15) is 0 Å². The molecule has 1 nitrogen and oxygen atoms in total. The minimum atomic E-state index is 0.0438. The maximum absolute atomic E-state index is 4.17. The van der Waals surface area contributed by atoms with Crippen LogP contribution in [0.25, 0.3) is 0 Å². The Hall–Kier alpha value is -2.02. The minimum absolute atomic E-state index is 0.0438. The molecule has 0 amide bonds. The summed E-state index contributed by atoms with van der Waals surface area (Å²) >= 11 is 0. The van der Waals surface area contributed by atoms with Crippen molar-refractivity contribution in [2.75, 3.05) is 11.9 Å². The Morgan fingerprint density at radius 3 is 2.67 bits per heavy atom. The van der Waals surface area contributed by atoms with Crippen LogP contribution in [0, 0.1) is 0 Å². The summed E-state index contributed by atoms with van der Waals surface area (Å²) in [6, 6.07) is 8.67. The molecular weight excluding hydrogens is 254 g/mol. The number of hydrogen-bond acceptors (Lipinski definition) is 1. The molecule has 0 fully saturated rings. The van der Waals surface area contributed by atoms with Gasteiger partial charge < -0.3 is 4.90 Å². The predicted octanol–water partition coefficient (Wildman–Crippen LogP) is 5.13. The van der Waals surface area contributed by atoms with Crippen LogP contribution in [0.3, 0.4) is 0 Å². The molecule has 0 N–H and O–H groups in total. The lowest BCUT2D eigenvalue weighted by atomic mass is 9.83. The second kappa shape index (κ2) is 5.07. The van der Waals surface area contributed by atoms with Gasteiger partial charge in [-0.1, -0.05) is 56.9 Å². The summed E-state index contributed by atoms with van der Waals surface area (Å²) in [6.45, 7) is 8.77. The van der Waals surface area contributed by atoms with E-state index in [9.17, 15) is 0 Å². The maximum Gasteiger partial charge on any atom is 0.0447 e. The number of fused-ring (bicyclic) bond motifs is 1. The topological polar surface area (TPSA) is 3.24 Å². The number of nitrogens with zero attached hydrogens (tertiary/aromatic N) is 1. The first-order valence-corrected chi connectivity index (χ1v) is 7.62. The molecule has 3 rings (SSSR count). The fraction of sp³-hybridized carbons (Fsp3) is 0.300. The van der Waals surface area contributed by atoms with Crippen molar-refractivity contribution in [1.29, 1.82) is 0 Å². The molecule has 1 heterocycles. The molecule has 0 saturated carbocycles. The van der Waals surface area contributed by atoms with Crippen LogP contribution in [-0.2, 0) is 5.41 Å². The van der Waals surface area contributed by atoms with E-state index in [1.807, 2.05) is 0 Å². The highest BCUT2D eigenvalue weighted by Gasteiger charge is 2.37. The second-order valence-corrected chi connectivity index (χ2v) is 6.42. The second-order valence-electron chi connectivity index (χ2n) is 6.42. The number of hydrogen-bond donors (Lipinski definition) is 0. The summed E-state index contributed by atoms with van der Waals surface area (Å²) in [5, 5.41) is 0. The Morgan fingerprint density at radius 1 is 1.19 bits per heavy atom. The van der Waals surface area contributed by atoms with E-state index in [0.29, 0.717) is 0 Å². The molecule has 1 aliphatic heterocycles. The highest BCUT2D eigenvalue weighted by Crippen LogP contribution is 2.46. The van der Waals surface area contributed by atoms with E-state index in [0.717, 1.165) is 12.8 Å². The molecule has 0 atom stereocenters. The van der Waals surface area contributed by atoms with Gasteiger partial charge in [0.1, 0.15) is 0 Å². The van der Waals surface area contributed by atoms with Crippen molar-refractivity contribution in [3.63, 3.8) is 0 Å². The first kappa shape index (κ1) is 13.9. The zero-order valence-corrected chi connectivity index (χ0v) is 13.2. The van der Waals surface area contributed by atoms with Crippen LogP contribution in [0.2, 0.25) is 0 Å². The zero-order chi connectivity index (χ0) is 15.0. The summed E-state index contributed by atoms with van der Waals surface area (Å²) in [4.78, 5) is 2.31. The van der Waals surface area contributed by atoms with Crippen LogP contribution in [0.15, 0.2) is 72.0 Å². The number of rotatable bonds is 1. The van der Waals surface area contributed by atoms with Crippen molar-refractivity contribution < 1.29 is 0 Å². The average molecular weight is 277 g/mol. The van der Waals surface area contributed by atoms with E-state index in [2.05, 4.69) is 80.9 Å². The van der Waals surface area contributed by atoms with Gasteiger partial charge in [0.05, 0.1) is 0 Å². The normalized spacial score (nSPS) is 24.0. The quantitative estimate of drug-likeness (QED) is 0.687. The third-order valence-electron chi connectivity index (χ3n) is 4.68. The van der Waals surface area contributed by atoms with Crippen molar-refractivity contribution in [3.05, 3.63) is 77.6 Å². The SMILES string of the molecule is C=C1CCC=C/C1=C/C=C1/N(C)c2ccccc2C1(C)C. The summed E-state index contributed by atoms with van der Waals surface area (Å²) in [5.41, 5.74) is 6.59. The van der Waals surface area contributed by atoms with Gasteiger partial charge in [-0.3, -0.25) is 0 Å². The lowest BCUT2D eigenvalue weighted by Crippen LogP contribution is -2.22. The van der Waals surface area contributed by atoms with Gasteiger partial charge in [0, 0.05) is 23.8 Å². The molecule has 0 saturated heterocycles. The number of benzene rings is 1. The molecule has 1 heteroatoms. The smallest absolute Gasteiger partial charge is 0.0447 e. The van der Waals surface area contributed by atoms with E-state index in [-0.39, 0.29) is 5.41 Å². The molecule has 1 aromatic rings. The predicted molar refractivity (Wildman–Crippen MR) is 91.6 cm³/mol. The third-order valence-corrected chi connectivity index (χ3v) is 4.68. The van der Waals surface area contributed by atoms with Gasteiger partial charge in [0.2, 0.25) is 0 Å². The van der Waals surface area contributed by atoms with E-state index >= 15 is 0 Å². The molecule has 1 aromatic carbocycles. The molecule has 0 spiro atoms. The Balaban J connectivity index is 2.02.